The molecule has 1 N–H and O–H groups in total. The van der Waals surface area contributed by atoms with E-state index in [9.17, 15) is 22.8 Å². The van der Waals surface area contributed by atoms with Gasteiger partial charge in [-0.3, -0.25) is 9.59 Å². The van der Waals surface area contributed by atoms with Crippen LogP contribution in [0.2, 0.25) is 10.0 Å². The lowest BCUT2D eigenvalue weighted by atomic mass is 9.83. The summed E-state index contributed by atoms with van der Waals surface area (Å²) < 4.78 is 46.2. The van der Waals surface area contributed by atoms with Crippen LogP contribution in [-0.2, 0) is 14.3 Å². The number of ether oxygens (including phenoxy) is 1. The van der Waals surface area contributed by atoms with Crippen molar-refractivity contribution in [2.75, 3.05) is 11.9 Å². The van der Waals surface area contributed by atoms with Gasteiger partial charge in [-0.2, -0.15) is 13.2 Å². The Kier molecular flexibility index (Phi) is 8.76. The lowest BCUT2D eigenvalue weighted by molar-refractivity contribution is -0.178. The van der Waals surface area contributed by atoms with E-state index in [0.29, 0.717) is 5.02 Å². The highest BCUT2D eigenvalue weighted by Gasteiger charge is 2.45. The molecule has 35 heavy (non-hydrogen) atoms. The molecule has 1 amide bonds. The smallest absolute Gasteiger partial charge is 0.392 e. The first-order valence-corrected chi connectivity index (χ1v) is 12.3. The topological polar surface area (TPSA) is 55.4 Å². The van der Waals surface area contributed by atoms with Crippen molar-refractivity contribution in [2.45, 2.75) is 51.6 Å². The largest absolute Gasteiger partial charge is 0.466 e. The number of alkyl halides is 3. The number of benzene rings is 2. The Labute approximate surface area is 213 Å². The fourth-order valence-electron chi connectivity index (χ4n) is 4.43. The van der Waals surface area contributed by atoms with Gasteiger partial charge in [-0.15, -0.1) is 0 Å². The Morgan fingerprint density at radius 1 is 1.06 bits per heavy atom. The third-order valence-corrected chi connectivity index (χ3v) is 7.07. The van der Waals surface area contributed by atoms with E-state index in [-0.39, 0.29) is 40.7 Å². The Morgan fingerprint density at radius 2 is 1.66 bits per heavy atom. The molecule has 1 fully saturated rings. The number of rotatable bonds is 9. The summed E-state index contributed by atoms with van der Waals surface area (Å²) in [7, 11) is 0. The highest BCUT2D eigenvalue weighted by Crippen LogP contribution is 2.48. The molecular formula is C26H28Cl2F3NO3. The summed E-state index contributed by atoms with van der Waals surface area (Å²) >= 11 is 12.2. The summed E-state index contributed by atoms with van der Waals surface area (Å²) in [5.41, 5.74) is 1.17. The molecule has 9 heteroatoms. The number of halogens is 5. The summed E-state index contributed by atoms with van der Waals surface area (Å²) in [5, 5.41) is 3.15. The van der Waals surface area contributed by atoms with Crippen molar-refractivity contribution in [3.05, 3.63) is 63.6 Å². The van der Waals surface area contributed by atoms with Crippen LogP contribution in [0.5, 0.6) is 0 Å². The Hall–Kier alpha value is -2.25. The van der Waals surface area contributed by atoms with Gasteiger partial charge in [0.1, 0.15) is 0 Å². The van der Waals surface area contributed by atoms with Gasteiger partial charge in [0.15, 0.2) is 0 Å². The van der Waals surface area contributed by atoms with Gasteiger partial charge in [-0.1, -0.05) is 55.2 Å². The van der Waals surface area contributed by atoms with Crippen molar-refractivity contribution in [3.8, 4) is 0 Å². The number of amides is 1. The zero-order chi connectivity index (χ0) is 25.9. The molecule has 0 aromatic heterocycles. The molecule has 3 rings (SSSR count). The molecule has 0 unspecified atom stereocenters. The molecule has 0 saturated heterocycles. The molecule has 190 valence electrons. The predicted molar refractivity (Wildman–Crippen MR) is 131 cm³/mol. The van der Waals surface area contributed by atoms with Gasteiger partial charge in [0, 0.05) is 5.02 Å². The van der Waals surface area contributed by atoms with Gasteiger partial charge >= 0.3 is 12.1 Å². The van der Waals surface area contributed by atoms with E-state index in [2.05, 4.69) is 5.32 Å². The number of hydrogen-bond donors (Lipinski definition) is 1. The highest BCUT2D eigenvalue weighted by atomic mass is 35.5. The van der Waals surface area contributed by atoms with Gasteiger partial charge in [-0.25, -0.2) is 0 Å². The van der Waals surface area contributed by atoms with Gasteiger partial charge in [0.05, 0.1) is 35.1 Å². The predicted octanol–water partition coefficient (Wildman–Crippen LogP) is 7.61. The number of hydrogen-bond acceptors (Lipinski definition) is 3. The Bertz CT molecular complexity index is 1050. The molecular weight excluding hydrogens is 502 g/mol. The molecule has 0 heterocycles. The normalized spacial score (nSPS) is 17.3. The van der Waals surface area contributed by atoms with Crippen LogP contribution in [0.15, 0.2) is 42.5 Å². The van der Waals surface area contributed by atoms with Crippen molar-refractivity contribution in [1.29, 1.82) is 0 Å². The number of carbonyl (C=O) groups is 2. The molecule has 0 spiro atoms. The number of esters is 1. The Morgan fingerprint density at radius 3 is 2.20 bits per heavy atom. The molecule has 2 aromatic rings. The van der Waals surface area contributed by atoms with E-state index in [1.165, 1.54) is 24.3 Å². The van der Waals surface area contributed by atoms with E-state index >= 15 is 0 Å². The van der Waals surface area contributed by atoms with E-state index in [0.717, 1.165) is 25.3 Å². The summed E-state index contributed by atoms with van der Waals surface area (Å²) in [6.45, 7) is 4.79. The van der Waals surface area contributed by atoms with Crippen molar-refractivity contribution >= 4 is 40.8 Å². The summed E-state index contributed by atoms with van der Waals surface area (Å²) in [4.78, 5) is 25.6. The first-order chi connectivity index (χ1) is 16.4. The van der Waals surface area contributed by atoms with E-state index in [4.69, 9.17) is 27.9 Å². The second-order valence-electron chi connectivity index (χ2n) is 8.99. The lowest BCUT2D eigenvalue weighted by Gasteiger charge is -2.27. The molecule has 1 aliphatic carbocycles. The average molecular weight is 530 g/mol. The third kappa shape index (κ3) is 6.70. The van der Waals surface area contributed by atoms with Crippen LogP contribution in [0.3, 0.4) is 0 Å². The van der Waals surface area contributed by atoms with Crippen LogP contribution >= 0.6 is 23.2 Å². The van der Waals surface area contributed by atoms with E-state index in [1.54, 1.807) is 32.0 Å². The van der Waals surface area contributed by atoms with E-state index in [1.807, 2.05) is 0 Å². The molecule has 0 bridgehead atoms. The first-order valence-electron chi connectivity index (χ1n) is 11.5. The molecule has 4 nitrogen and oxygen atoms in total. The zero-order valence-corrected chi connectivity index (χ0v) is 21.2. The van der Waals surface area contributed by atoms with Crippen LogP contribution < -0.4 is 5.32 Å². The maximum atomic E-state index is 13.7. The second-order valence-corrected chi connectivity index (χ2v) is 9.84. The van der Waals surface area contributed by atoms with Gasteiger partial charge in [-0.05, 0) is 67.0 Å². The molecule has 1 aliphatic rings. The summed E-state index contributed by atoms with van der Waals surface area (Å²) in [5.74, 6) is -4.89. The van der Waals surface area contributed by atoms with Gasteiger partial charge in [0.25, 0.3) is 0 Å². The monoisotopic (exact) mass is 529 g/mol. The second kappa shape index (κ2) is 11.2. The lowest BCUT2D eigenvalue weighted by Crippen LogP contribution is -2.34. The molecule has 2 aromatic carbocycles. The van der Waals surface area contributed by atoms with Crippen molar-refractivity contribution in [3.63, 3.8) is 0 Å². The maximum Gasteiger partial charge on any atom is 0.392 e. The van der Waals surface area contributed by atoms with Crippen molar-refractivity contribution < 1.29 is 27.5 Å². The molecule has 4 atom stereocenters. The van der Waals surface area contributed by atoms with Crippen LogP contribution in [0, 0.1) is 17.8 Å². The van der Waals surface area contributed by atoms with Crippen LogP contribution in [0.1, 0.15) is 56.6 Å². The molecule has 1 saturated carbocycles. The van der Waals surface area contributed by atoms with Crippen LogP contribution in [0.4, 0.5) is 18.9 Å². The quantitative estimate of drug-likeness (QED) is 0.340. The SMILES string of the molecule is CCOC(=O)[C@@H](C)[C@H](c1ccc(Cl)c(NC(=O)[C@H](c2ccc(Cl)cc2)[C@@H](C)C(F)(F)F)c1)C1CC1. The minimum Gasteiger partial charge on any atom is -0.466 e. The first kappa shape index (κ1) is 27.3. The summed E-state index contributed by atoms with van der Waals surface area (Å²) in [6, 6.07) is 10.7. The van der Waals surface area contributed by atoms with Crippen LogP contribution in [0.25, 0.3) is 0 Å². The fraction of sp³-hybridized carbons (Fsp3) is 0.462. The summed E-state index contributed by atoms with van der Waals surface area (Å²) in [6.07, 6.45) is -2.68. The zero-order valence-electron chi connectivity index (χ0n) is 19.7. The highest BCUT2D eigenvalue weighted by molar-refractivity contribution is 6.33. The van der Waals surface area contributed by atoms with Gasteiger partial charge < -0.3 is 10.1 Å². The minimum absolute atomic E-state index is 0.150. The molecule has 0 radical (unpaired) electrons. The standard InChI is InChI=1S/C26H28Cl2F3NO3/c1-4-35-25(34)14(2)22(16-5-6-16)18-9-12-20(28)21(13-18)32-24(33)23(15(3)26(29,30)31)17-7-10-19(27)11-8-17/h7-16,22-23H,4-6H2,1-3H3,(H,32,33)/t14-,15+,22-,23-/m0/s1. The van der Waals surface area contributed by atoms with E-state index < -0.39 is 29.8 Å². The average Bonchev–Trinajstić information content (AvgIpc) is 3.62. The number of nitrogens with one attached hydrogen (secondary N) is 1. The van der Waals surface area contributed by atoms with Gasteiger partial charge in [0.2, 0.25) is 5.91 Å². The fourth-order valence-corrected chi connectivity index (χ4v) is 4.72. The Balaban J connectivity index is 1.92. The maximum absolute atomic E-state index is 13.7. The number of anilines is 1. The van der Waals surface area contributed by atoms with Crippen molar-refractivity contribution in [2.24, 2.45) is 17.8 Å². The minimum atomic E-state index is -4.60. The number of carbonyl (C=O) groups excluding carboxylic acids is 2. The van der Waals surface area contributed by atoms with Crippen LogP contribution in [-0.4, -0.2) is 24.7 Å². The molecule has 0 aliphatic heterocycles. The third-order valence-electron chi connectivity index (χ3n) is 6.49. The van der Waals surface area contributed by atoms with Crippen molar-refractivity contribution in [1.82, 2.24) is 0 Å².